The molecule has 2 aliphatic heterocycles. The molecule has 2 saturated heterocycles. The van der Waals surface area contributed by atoms with Crippen molar-refractivity contribution in [1.29, 1.82) is 0 Å². The predicted octanol–water partition coefficient (Wildman–Crippen LogP) is 4.14. The molecule has 1 amide bonds. The van der Waals surface area contributed by atoms with Crippen LogP contribution in [0.25, 0.3) is 0 Å². The molecule has 1 aromatic heterocycles. The van der Waals surface area contributed by atoms with Crippen molar-refractivity contribution in [2.45, 2.75) is 61.9 Å². The number of nitrogens with zero attached hydrogens (tertiary/aromatic N) is 3. The number of hydrogen-bond acceptors (Lipinski definition) is 6. The molecule has 0 radical (unpaired) electrons. The van der Waals surface area contributed by atoms with Crippen LogP contribution in [0.5, 0.6) is 0 Å². The molecule has 2 fully saturated rings. The molecule has 0 aliphatic carbocycles. The fourth-order valence-electron chi connectivity index (χ4n) is 5.07. The first-order chi connectivity index (χ1) is 18.8. The maximum absolute atomic E-state index is 13.9. The number of rotatable bonds is 10. The Labute approximate surface area is 226 Å². The van der Waals surface area contributed by atoms with Gasteiger partial charge >= 0.3 is 0 Å². The summed E-state index contributed by atoms with van der Waals surface area (Å²) in [5.74, 6) is -1.70. The highest BCUT2D eigenvalue weighted by atomic mass is 32.2. The Hall–Kier alpha value is -3.15. The smallest absolute Gasteiger partial charge is 0.254 e. The van der Waals surface area contributed by atoms with Crippen LogP contribution in [0.4, 0.5) is 8.78 Å². The quantitative estimate of drug-likeness (QED) is 0.371. The number of ether oxygens (including phenoxy) is 2. The molecular formula is C28H31F2N3O5S. The molecule has 2 aromatic carbocycles. The number of hydrogen-bond donors (Lipinski definition) is 0. The Balaban J connectivity index is 1.47. The lowest BCUT2D eigenvalue weighted by Crippen LogP contribution is -2.38. The number of imidazole rings is 1. The first-order valence-electron chi connectivity index (χ1n) is 13.1. The summed E-state index contributed by atoms with van der Waals surface area (Å²) in [6, 6.07) is 10.8. The van der Waals surface area contributed by atoms with Crippen molar-refractivity contribution >= 4 is 15.7 Å². The molecule has 39 heavy (non-hydrogen) atoms. The van der Waals surface area contributed by atoms with E-state index in [4.69, 9.17) is 9.47 Å². The topological polar surface area (TPSA) is 90.7 Å². The Bertz CT molecular complexity index is 1400. The fourth-order valence-corrected chi connectivity index (χ4v) is 6.57. The molecule has 0 bridgehead atoms. The van der Waals surface area contributed by atoms with E-state index in [1.165, 1.54) is 48.7 Å². The van der Waals surface area contributed by atoms with Gasteiger partial charge in [-0.3, -0.25) is 4.79 Å². The molecule has 2 atom stereocenters. The van der Waals surface area contributed by atoms with Crippen LogP contribution < -0.4 is 0 Å². The van der Waals surface area contributed by atoms with Gasteiger partial charge in [0.1, 0.15) is 11.6 Å². The Kier molecular flexibility index (Phi) is 8.39. The van der Waals surface area contributed by atoms with Crippen LogP contribution in [-0.2, 0) is 38.2 Å². The van der Waals surface area contributed by atoms with Crippen molar-refractivity contribution in [2.24, 2.45) is 0 Å². The van der Waals surface area contributed by atoms with Gasteiger partial charge in [0.15, 0.2) is 0 Å². The molecule has 5 rings (SSSR count). The molecule has 0 spiro atoms. The third-order valence-corrected chi connectivity index (χ3v) is 8.62. The van der Waals surface area contributed by atoms with Gasteiger partial charge in [0.2, 0.25) is 15.0 Å². The maximum atomic E-state index is 13.9. The summed E-state index contributed by atoms with van der Waals surface area (Å²) >= 11 is 0. The fraction of sp³-hybridized carbons (Fsp3) is 0.429. The monoisotopic (exact) mass is 559 g/mol. The van der Waals surface area contributed by atoms with E-state index in [-0.39, 0.29) is 54.2 Å². The van der Waals surface area contributed by atoms with Crippen LogP contribution in [0.3, 0.4) is 0 Å². The normalized spacial score (nSPS) is 19.4. The van der Waals surface area contributed by atoms with Crippen molar-refractivity contribution in [3.63, 3.8) is 0 Å². The Morgan fingerprint density at radius 3 is 2.38 bits per heavy atom. The lowest BCUT2D eigenvalue weighted by atomic mass is 10.1. The van der Waals surface area contributed by atoms with Crippen LogP contribution in [0.1, 0.15) is 47.3 Å². The molecule has 8 nitrogen and oxygen atoms in total. The summed E-state index contributed by atoms with van der Waals surface area (Å²) in [4.78, 5) is 19.4. The zero-order valence-electron chi connectivity index (χ0n) is 21.5. The molecule has 3 aromatic rings. The average molecular weight is 560 g/mol. The second kappa shape index (κ2) is 11.9. The zero-order valence-corrected chi connectivity index (χ0v) is 22.3. The molecule has 0 saturated carbocycles. The second-order valence-corrected chi connectivity index (χ2v) is 11.9. The lowest BCUT2D eigenvalue weighted by Gasteiger charge is -2.26. The lowest BCUT2D eigenvalue weighted by molar-refractivity contribution is 0.0496. The minimum absolute atomic E-state index is 0.0565. The minimum Gasteiger partial charge on any atom is -0.376 e. The minimum atomic E-state index is -3.92. The van der Waals surface area contributed by atoms with Gasteiger partial charge in [-0.05, 0) is 61.6 Å². The zero-order chi connectivity index (χ0) is 27.4. The maximum Gasteiger partial charge on any atom is 0.254 e. The highest BCUT2D eigenvalue weighted by Crippen LogP contribution is 2.24. The summed E-state index contributed by atoms with van der Waals surface area (Å²) in [6.45, 7) is 1.79. The van der Waals surface area contributed by atoms with E-state index in [9.17, 15) is 22.0 Å². The van der Waals surface area contributed by atoms with E-state index < -0.39 is 21.5 Å². The largest absolute Gasteiger partial charge is 0.376 e. The van der Waals surface area contributed by atoms with Crippen LogP contribution in [0.15, 0.2) is 59.9 Å². The molecule has 0 unspecified atom stereocenters. The summed E-state index contributed by atoms with van der Waals surface area (Å²) in [6.07, 6.45) is 4.43. The Morgan fingerprint density at radius 2 is 1.72 bits per heavy atom. The van der Waals surface area contributed by atoms with E-state index >= 15 is 0 Å². The summed E-state index contributed by atoms with van der Waals surface area (Å²) in [7, 11) is -3.92. The van der Waals surface area contributed by atoms with Crippen molar-refractivity contribution in [1.82, 2.24) is 14.5 Å². The van der Waals surface area contributed by atoms with E-state index in [0.717, 1.165) is 25.7 Å². The highest BCUT2D eigenvalue weighted by Gasteiger charge is 2.30. The summed E-state index contributed by atoms with van der Waals surface area (Å²) in [5, 5.41) is -0.132. The van der Waals surface area contributed by atoms with Crippen molar-refractivity contribution in [3.05, 3.63) is 83.2 Å². The van der Waals surface area contributed by atoms with Gasteiger partial charge < -0.3 is 18.9 Å². The third-order valence-electron chi connectivity index (χ3n) is 7.02. The van der Waals surface area contributed by atoms with Crippen molar-refractivity contribution in [3.8, 4) is 0 Å². The van der Waals surface area contributed by atoms with Crippen LogP contribution >= 0.6 is 0 Å². The SMILES string of the molecule is O=C(c1cccc(F)c1)N(Cc1cnc(S(=O)(=O)Cc2ccc(F)cc2)n1C[C@H]1CCCO1)C[C@H]1CCCO1. The Morgan fingerprint density at radius 1 is 1.00 bits per heavy atom. The van der Waals surface area contributed by atoms with E-state index in [1.54, 1.807) is 15.5 Å². The standard InChI is InChI=1S/C28H31F2N3O5S/c29-22-10-8-20(9-11-22)19-39(35,36)28-31-15-24(33(28)18-26-7-3-13-38-26)16-32(17-25-6-2-12-37-25)27(34)21-4-1-5-23(30)14-21/h1,4-5,8-11,14-15,25-26H,2-3,6-7,12-13,16-19H2/t25-,26-/m1/s1. The van der Waals surface area contributed by atoms with Crippen LogP contribution in [0, 0.1) is 11.6 Å². The number of carbonyl (C=O) groups excluding carboxylic acids is 1. The van der Waals surface area contributed by atoms with Crippen molar-refractivity contribution < 1.29 is 31.5 Å². The molecule has 0 N–H and O–H groups in total. The van der Waals surface area contributed by atoms with Gasteiger partial charge in [-0.1, -0.05) is 18.2 Å². The van der Waals surface area contributed by atoms with Gasteiger partial charge in [-0.2, -0.15) is 0 Å². The number of sulfone groups is 1. The summed E-state index contributed by atoms with van der Waals surface area (Å²) in [5.41, 5.74) is 1.15. The second-order valence-electron chi connectivity index (χ2n) is 9.99. The average Bonchev–Trinajstić information content (AvgIpc) is 3.69. The summed E-state index contributed by atoms with van der Waals surface area (Å²) < 4.78 is 67.5. The predicted molar refractivity (Wildman–Crippen MR) is 139 cm³/mol. The van der Waals surface area contributed by atoms with Gasteiger partial charge in [-0.15, -0.1) is 0 Å². The van der Waals surface area contributed by atoms with Gasteiger partial charge in [0, 0.05) is 25.3 Å². The first-order valence-corrected chi connectivity index (χ1v) is 14.7. The number of carbonyl (C=O) groups is 1. The molecular weight excluding hydrogens is 528 g/mol. The number of aromatic nitrogens is 2. The van der Waals surface area contributed by atoms with E-state index in [0.29, 0.717) is 24.5 Å². The van der Waals surface area contributed by atoms with E-state index in [2.05, 4.69) is 4.98 Å². The van der Waals surface area contributed by atoms with Crippen LogP contribution in [-0.4, -0.2) is 60.7 Å². The number of benzene rings is 2. The molecule has 2 aliphatic rings. The van der Waals surface area contributed by atoms with E-state index in [1.807, 2.05) is 0 Å². The highest BCUT2D eigenvalue weighted by molar-refractivity contribution is 7.90. The van der Waals surface area contributed by atoms with Crippen molar-refractivity contribution in [2.75, 3.05) is 19.8 Å². The number of amides is 1. The van der Waals surface area contributed by atoms with Gasteiger partial charge in [0.05, 0.1) is 42.9 Å². The molecule has 208 valence electrons. The number of halogens is 2. The van der Waals surface area contributed by atoms with Crippen LogP contribution in [0.2, 0.25) is 0 Å². The molecule has 11 heteroatoms. The molecule has 3 heterocycles. The third kappa shape index (κ3) is 6.71. The van der Waals surface area contributed by atoms with Gasteiger partial charge in [-0.25, -0.2) is 22.2 Å². The first kappa shape index (κ1) is 27.4. The van der Waals surface area contributed by atoms with Gasteiger partial charge in [0.25, 0.3) is 5.91 Å².